The zero-order chi connectivity index (χ0) is 32.9. The number of hydrogen-bond donors (Lipinski definition) is 2. The van der Waals surface area contributed by atoms with E-state index in [-0.39, 0.29) is 16.2 Å². The molecule has 0 saturated heterocycles. The molecule has 0 aromatic carbocycles. The highest BCUT2D eigenvalue weighted by molar-refractivity contribution is 5.88. The first-order valence-electron chi connectivity index (χ1n) is 16.9. The molecule has 0 spiro atoms. The van der Waals surface area contributed by atoms with E-state index >= 15 is 0 Å². The predicted octanol–water partition coefficient (Wildman–Crippen LogP) is 8.53. The fourth-order valence-electron chi connectivity index (χ4n) is 9.21. The third-order valence-electron chi connectivity index (χ3n) is 11.9. The highest BCUT2D eigenvalue weighted by Crippen LogP contribution is 2.61. The second-order valence-electron chi connectivity index (χ2n) is 15.3. The van der Waals surface area contributed by atoms with Crippen molar-refractivity contribution in [3.63, 3.8) is 0 Å². The number of allylic oxidation sites excluding steroid dienone is 11. The Morgan fingerprint density at radius 3 is 2.00 bits per heavy atom. The third kappa shape index (κ3) is 4.00. The summed E-state index contributed by atoms with van der Waals surface area (Å²) in [6, 6.07) is 8.46. The number of fused-ring (bicyclic) bond motifs is 6. The van der Waals surface area contributed by atoms with Crippen molar-refractivity contribution in [2.75, 3.05) is 16.3 Å². The molecule has 5 heterocycles. The van der Waals surface area contributed by atoms with E-state index in [1.165, 1.54) is 45.6 Å². The lowest BCUT2D eigenvalue weighted by atomic mass is 9.69. The van der Waals surface area contributed by atoms with E-state index in [0.29, 0.717) is 11.8 Å². The highest BCUT2D eigenvalue weighted by atomic mass is 15.2. The van der Waals surface area contributed by atoms with Crippen molar-refractivity contribution in [3.8, 4) is 0 Å². The van der Waals surface area contributed by atoms with Gasteiger partial charge in [-0.3, -0.25) is 9.80 Å². The van der Waals surface area contributed by atoms with Gasteiger partial charge in [0.05, 0.1) is 11.4 Å². The number of dihydropyridines is 1. The summed E-state index contributed by atoms with van der Waals surface area (Å²) in [6.07, 6.45) is 23.0. The van der Waals surface area contributed by atoms with Crippen LogP contribution in [0.25, 0.3) is 0 Å². The van der Waals surface area contributed by atoms with Crippen molar-refractivity contribution in [1.29, 1.82) is 5.41 Å². The van der Waals surface area contributed by atoms with Gasteiger partial charge in [-0.2, -0.15) is 0 Å². The van der Waals surface area contributed by atoms with Gasteiger partial charge in [-0.15, -0.1) is 0 Å². The number of anilines is 2. The summed E-state index contributed by atoms with van der Waals surface area (Å²) < 4.78 is 0. The van der Waals surface area contributed by atoms with Crippen molar-refractivity contribution in [3.05, 3.63) is 142 Å². The third-order valence-corrected chi connectivity index (χ3v) is 11.9. The first-order valence-corrected chi connectivity index (χ1v) is 16.9. The molecule has 0 radical (unpaired) electrons. The maximum Gasteiger partial charge on any atom is 0.141 e. The highest BCUT2D eigenvalue weighted by Gasteiger charge is 2.52. The molecule has 2 N–H and O–H groups in total. The van der Waals surface area contributed by atoms with Crippen LogP contribution in [0.1, 0.15) is 65.5 Å². The molecule has 8 rings (SSSR count). The van der Waals surface area contributed by atoms with Crippen LogP contribution in [0.5, 0.6) is 0 Å². The van der Waals surface area contributed by atoms with Gasteiger partial charge in [0.2, 0.25) is 0 Å². The van der Waals surface area contributed by atoms with Gasteiger partial charge in [0.15, 0.2) is 0 Å². The molecular weight excluding hydrogens is 576 g/mol. The number of aromatic nitrogens is 2. The molecular formula is C41H44N6. The largest absolute Gasteiger partial charge is 0.387 e. The molecule has 1 fully saturated rings. The number of hydrogen-bond acceptors (Lipinski definition) is 6. The average molecular weight is 621 g/mol. The fraction of sp³-hybridized carbons (Fsp3) is 0.341. The Kier molecular flexibility index (Phi) is 6.40. The van der Waals surface area contributed by atoms with E-state index in [9.17, 15) is 0 Å². The minimum absolute atomic E-state index is 0.0182. The number of nitrogens with zero attached hydrogens (tertiary/aromatic N) is 4. The Balaban J connectivity index is 1.21. The summed E-state index contributed by atoms with van der Waals surface area (Å²) in [5.74, 6) is 2.71. The molecule has 0 amide bonds. The van der Waals surface area contributed by atoms with Crippen molar-refractivity contribution in [2.45, 2.75) is 65.2 Å². The van der Waals surface area contributed by atoms with Gasteiger partial charge in [0, 0.05) is 75.9 Å². The van der Waals surface area contributed by atoms with Crippen molar-refractivity contribution in [2.24, 2.45) is 17.3 Å². The summed E-state index contributed by atoms with van der Waals surface area (Å²) in [5.41, 5.74) is 11.8. The summed E-state index contributed by atoms with van der Waals surface area (Å²) >= 11 is 0. The Morgan fingerprint density at radius 1 is 0.830 bits per heavy atom. The average Bonchev–Trinajstić information content (AvgIpc) is 3.30. The molecule has 6 heteroatoms. The second-order valence-corrected chi connectivity index (χ2v) is 15.3. The van der Waals surface area contributed by atoms with E-state index in [0.717, 1.165) is 47.9 Å². The predicted molar refractivity (Wildman–Crippen MR) is 192 cm³/mol. The lowest BCUT2D eigenvalue weighted by Gasteiger charge is -2.46. The Morgan fingerprint density at radius 2 is 1.40 bits per heavy atom. The summed E-state index contributed by atoms with van der Waals surface area (Å²) in [7, 11) is 0. The van der Waals surface area contributed by atoms with Crippen molar-refractivity contribution < 1.29 is 0 Å². The molecule has 1 saturated carbocycles. The Labute approximate surface area is 278 Å². The van der Waals surface area contributed by atoms with Gasteiger partial charge in [-0.05, 0) is 77.7 Å². The normalized spacial score (nSPS) is 26.0. The molecule has 6 nitrogen and oxygen atoms in total. The second kappa shape index (κ2) is 10.1. The fourth-order valence-corrected chi connectivity index (χ4v) is 9.21. The lowest BCUT2D eigenvalue weighted by molar-refractivity contribution is 0.202. The van der Waals surface area contributed by atoms with Crippen LogP contribution >= 0.6 is 0 Å². The standard InChI is InChI=1S/C41H44N6/c1-8-35-33(23-42)39(2,3)29-11-9-18-44-37(29)46(35)25-13-15-27-28-16-14-26(22-32(28)41(6,7)31(27)21-25)47-36-17-20-43-24-34(36)40(4,5)30-12-10-19-45-38(30)47/h8-19,23-24,31-32,42-43H,1,20-22H2,2-7H3. The van der Waals surface area contributed by atoms with Gasteiger partial charge >= 0.3 is 0 Å². The van der Waals surface area contributed by atoms with E-state index < -0.39 is 0 Å². The van der Waals surface area contributed by atoms with E-state index in [1.54, 1.807) is 0 Å². The Hall–Kier alpha value is -4.71. The molecule has 47 heavy (non-hydrogen) atoms. The van der Waals surface area contributed by atoms with E-state index in [2.05, 4.69) is 118 Å². The molecule has 2 unspecified atom stereocenters. The molecule has 0 bridgehead atoms. The minimum Gasteiger partial charge on any atom is -0.387 e. The lowest BCUT2D eigenvalue weighted by Crippen LogP contribution is -2.42. The molecule has 2 aromatic heterocycles. The maximum atomic E-state index is 8.41. The number of nitrogens with one attached hydrogen (secondary N) is 2. The van der Waals surface area contributed by atoms with Gasteiger partial charge < -0.3 is 10.7 Å². The summed E-state index contributed by atoms with van der Waals surface area (Å²) in [5, 5.41) is 11.9. The molecule has 3 aliphatic heterocycles. The van der Waals surface area contributed by atoms with Crippen LogP contribution in [-0.4, -0.2) is 22.7 Å². The van der Waals surface area contributed by atoms with Crippen molar-refractivity contribution >= 4 is 17.9 Å². The smallest absolute Gasteiger partial charge is 0.141 e. The minimum atomic E-state index is -0.341. The van der Waals surface area contributed by atoms with Crippen LogP contribution < -0.4 is 15.1 Å². The van der Waals surface area contributed by atoms with Gasteiger partial charge in [-0.1, -0.05) is 72.4 Å². The van der Waals surface area contributed by atoms with E-state index in [4.69, 9.17) is 15.4 Å². The van der Waals surface area contributed by atoms with Crippen molar-refractivity contribution in [1.82, 2.24) is 15.3 Å². The zero-order valence-corrected chi connectivity index (χ0v) is 28.4. The SMILES string of the molecule is C=CC1=C(C=N)C(C)(C)c2cccnc2N1C1=CC=C2C3=CC=C(N4C5=CCNC=C5C(C)(C)c5cccnc54)CC3C(C)(C)C2C1. The zero-order valence-electron chi connectivity index (χ0n) is 28.4. The van der Waals surface area contributed by atoms with Gasteiger partial charge in [0.1, 0.15) is 11.6 Å². The van der Waals surface area contributed by atoms with Crippen LogP contribution in [0.4, 0.5) is 11.6 Å². The maximum absolute atomic E-state index is 8.41. The molecule has 2 aromatic rings. The first kappa shape index (κ1) is 29.7. The first-order chi connectivity index (χ1) is 22.5. The monoisotopic (exact) mass is 620 g/mol. The van der Waals surface area contributed by atoms with Crippen LogP contribution in [0.15, 0.2) is 131 Å². The van der Waals surface area contributed by atoms with Gasteiger partial charge in [-0.25, -0.2) is 9.97 Å². The van der Waals surface area contributed by atoms with E-state index in [1.807, 2.05) is 24.5 Å². The summed E-state index contributed by atoms with van der Waals surface area (Å²) in [6.45, 7) is 18.9. The van der Waals surface area contributed by atoms with Gasteiger partial charge in [0.25, 0.3) is 0 Å². The topological polar surface area (TPSA) is 68.1 Å². The van der Waals surface area contributed by atoms with Crippen LogP contribution in [0, 0.1) is 22.7 Å². The van der Waals surface area contributed by atoms with Crippen LogP contribution in [0.3, 0.4) is 0 Å². The quantitative estimate of drug-likeness (QED) is 0.336. The molecule has 3 aliphatic carbocycles. The summed E-state index contributed by atoms with van der Waals surface area (Å²) in [4.78, 5) is 14.6. The molecule has 2 atom stereocenters. The Bertz CT molecular complexity index is 1970. The molecule has 6 aliphatic rings. The molecule has 238 valence electrons. The number of rotatable bonds is 4. The van der Waals surface area contributed by atoms with Crippen LogP contribution in [-0.2, 0) is 10.8 Å². The number of pyridine rings is 2. The van der Waals surface area contributed by atoms with Crippen LogP contribution in [0.2, 0.25) is 0 Å².